The molecule has 26 heavy (non-hydrogen) atoms. The summed E-state index contributed by atoms with van der Waals surface area (Å²) >= 11 is 1.38. The number of carbonyl (C=O) groups excluding carboxylic acids is 1. The number of aryl methyl sites for hydroxylation is 1. The van der Waals surface area contributed by atoms with Crippen LogP contribution in [-0.2, 0) is 11.2 Å². The molecule has 0 aliphatic carbocycles. The molecular weight excluding hydrogens is 346 g/mol. The van der Waals surface area contributed by atoms with Gasteiger partial charge in [-0.25, -0.2) is 4.98 Å². The van der Waals surface area contributed by atoms with Crippen LogP contribution in [0, 0.1) is 11.3 Å². The second-order valence-corrected chi connectivity index (χ2v) is 6.48. The van der Waals surface area contributed by atoms with Gasteiger partial charge in [0.15, 0.2) is 5.13 Å². The van der Waals surface area contributed by atoms with E-state index in [-0.39, 0.29) is 5.91 Å². The van der Waals surface area contributed by atoms with Crippen molar-refractivity contribution in [3.63, 3.8) is 0 Å². The molecule has 130 valence electrons. The lowest BCUT2D eigenvalue weighted by Gasteiger charge is -2.04. The highest BCUT2D eigenvalue weighted by Crippen LogP contribution is 2.25. The predicted molar refractivity (Wildman–Crippen MR) is 102 cm³/mol. The summed E-state index contributed by atoms with van der Waals surface area (Å²) < 4.78 is 5.12. The first-order valence-corrected chi connectivity index (χ1v) is 8.95. The minimum absolute atomic E-state index is 0.0680. The zero-order valence-electron chi connectivity index (χ0n) is 14.2. The van der Waals surface area contributed by atoms with Crippen molar-refractivity contribution < 1.29 is 9.53 Å². The molecule has 6 heteroatoms. The molecule has 3 aromatic rings. The lowest BCUT2D eigenvalue weighted by Crippen LogP contribution is -2.12. The molecule has 0 saturated heterocycles. The van der Waals surface area contributed by atoms with Crippen molar-refractivity contribution in [2.45, 2.75) is 12.8 Å². The number of nitrogens with zero attached hydrogens (tertiary/aromatic N) is 2. The lowest BCUT2D eigenvalue weighted by atomic mass is 10.1. The minimum atomic E-state index is -0.0680. The SMILES string of the molecule is COc1ccc(CCC(=O)Nc2nc(-c3ccc(C#N)cc3)cs2)cc1. The Hall–Kier alpha value is -3.17. The number of thiazole rings is 1. The molecule has 5 nitrogen and oxygen atoms in total. The van der Waals surface area contributed by atoms with Gasteiger partial charge in [0.1, 0.15) is 5.75 Å². The smallest absolute Gasteiger partial charge is 0.226 e. The Bertz CT molecular complexity index is 925. The molecule has 1 heterocycles. The molecule has 1 aromatic heterocycles. The van der Waals surface area contributed by atoms with E-state index in [0.29, 0.717) is 23.5 Å². The molecule has 0 bridgehead atoms. The summed E-state index contributed by atoms with van der Waals surface area (Å²) in [5, 5.41) is 14.1. The van der Waals surface area contributed by atoms with Gasteiger partial charge in [-0.05, 0) is 36.2 Å². The van der Waals surface area contributed by atoms with E-state index in [1.807, 2.05) is 41.8 Å². The summed E-state index contributed by atoms with van der Waals surface area (Å²) in [6.45, 7) is 0. The first-order chi connectivity index (χ1) is 12.7. The Balaban J connectivity index is 1.56. The summed E-state index contributed by atoms with van der Waals surface area (Å²) in [6, 6.07) is 17.0. The van der Waals surface area contributed by atoms with Crippen molar-refractivity contribution in [3.8, 4) is 23.1 Å². The summed E-state index contributed by atoms with van der Waals surface area (Å²) in [4.78, 5) is 16.6. The number of amides is 1. The van der Waals surface area contributed by atoms with Crippen LogP contribution in [0.25, 0.3) is 11.3 Å². The summed E-state index contributed by atoms with van der Waals surface area (Å²) in [5.74, 6) is 0.734. The first kappa shape index (κ1) is 17.6. The number of benzene rings is 2. The molecule has 1 N–H and O–H groups in total. The van der Waals surface area contributed by atoms with Crippen LogP contribution >= 0.6 is 11.3 Å². The maximum absolute atomic E-state index is 12.1. The molecule has 1 amide bonds. The van der Waals surface area contributed by atoms with Crippen molar-refractivity contribution >= 4 is 22.4 Å². The van der Waals surface area contributed by atoms with E-state index in [9.17, 15) is 4.79 Å². The number of ether oxygens (including phenoxy) is 1. The molecule has 0 radical (unpaired) electrons. The Morgan fingerprint density at radius 1 is 1.19 bits per heavy atom. The number of rotatable bonds is 6. The number of hydrogen-bond acceptors (Lipinski definition) is 5. The zero-order valence-corrected chi connectivity index (χ0v) is 15.0. The molecule has 0 fully saturated rings. The number of hydrogen-bond donors (Lipinski definition) is 1. The van der Waals surface area contributed by atoms with Gasteiger partial charge in [-0.3, -0.25) is 4.79 Å². The van der Waals surface area contributed by atoms with Crippen molar-refractivity contribution in [2.24, 2.45) is 0 Å². The first-order valence-electron chi connectivity index (χ1n) is 8.07. The quantitative estimate of drug-likeness (QED) is 0.710. The Kier molecular flexibility index (Phi) is 5.62. The molecule has 0 aliphatic heterocycles. The molecule has 3 rings (SSSR count). The normalized spacial score (nSPS) is 10.2. The van der Waals surface area contributed by atoms with Crippen LogP contribution < -0.4 is 10.1 Å². The van der Waals surface area contributed by atoms with Gasteiger partial charge in [0.2, 0.25) is 5.91 Å². The fraction of sp³-hybridized carbons (Fsp3) is 0.150. The molecule has 2 aromatic carbocycles. The van der Waals surface area contributed by atoms with Gasteiger partial charge in [-0.15, -0.1) is 11.3 Å². The maximum atomic E-state index is 12.1. The number of carbonyl (C=O) groups is 1. The number of nitriles is 1. The molecule has 0 spiro atoms. The third kappa shape index (κ3) is 4.47. The van der Waals surface area contributed by atoms with E-state index in [4.69, 9.17) is 10.00 Å². The monoisotopic (exact) mass is 363 g/mol. The number of nitrogens with one attached hydrogen (secondary N) is 1. The molecular formula is C20H17N3O2S. The van der Waals surface area contributed by atoms with Gasteiger partial charge in [0.05, 0.1) is 24.4 Å². The average molecular weight is 363 g/mol. The Morgan fingerprint density at radius 2 is 1.92 bits per heavy atom. The van der Waals surface area contributed by atoms with Crippen molar-refractivity contribution in [2.75, 3.05) is 12.4 Å². The fourth-order valence-corrected chi connectivity index (χ4v) is 3.15. The van der Waals surface area contributed by atoms with Gasteiger partial charge in [0.25, 0.3) is 0 Å². The molecule has 0 atom stereocenters. The fourth-order valence-electron chi connectivity index (χ4n) is 2.41. The van der Waals surface area contributed by atoms with E-state index in [0.717, 1.165) is 22.6 Å². The van der Waals surface area contributed by atoms with Crippen molar-refractivity contribution in [1.82, 2.24) is 4.98 Å². The molecule has 0 aliphatic rings. The van der Waals surface area contributed by atoms with E-state index >= 15 is 0 Å². The second kappa shape index (κ2) is 8.28. The summed E-state index contributed by atoms with van der Waals surface area (Å²) in [7, 11) is 1.63. The molecule has 0 saturated carbocycles. The third-order valence-electron chi connectivity index (χ3n) is 3.86. The maximum Gasteiger partial charge on any atom is 0.226 e. The van der Waals surface area contributed by atoms with E-state index in [2.05, 4.69) is 16.4 Å². The van der Waals surface area contributed by atoms with E-state index in [1.165, 1.54) is 11.3 Å². The number of anilines is 1. The van der Waals surface area contributed by atoms with Crippen LogP contribution in [0.1, 0.15) is 17.5 Å². The van der Waals surface area contributed by atoms with Crippen LogP contribution in [0.3, 0.4) is 0 Å². The summed E-state index contributed by atoms with van der Waals surface area (Å²) in [5.41, 5.74) is 3.39. The Labute approximate surface area is 155 Å². The van der Waals surface area contributed by atoms with Gasteiger partial charge in [-0.1, -0.05) is 24.3 Å². The van der Waals surface area contributed by atoms with Crippen LogP contribution in [-0.4, -0.2) is 18.0 Å². The minimum Gasteiger partial charge on any atom is -0.497 e. The predicted octanol–water partition coefficient (Wildman–Crippen LogP) is 4.26. The second-order valence-electron chi connectivity index (χ2n) is 5.62. The van der Waals surface area contributed by atoms with Gasteiger partial charge < -0.3 is 10.1 Å². The van der Waals surface area contributed by atoms with Gasteiger partial charge in [-0.2, -0.15) is 5.26 Å². The van der Waals surface area contributed by atoms with Gasteiger partial charge in [0, 0.05) is 17.4 Å². The number of aromatic nitrogens is 1. The van der Waals surface area contributed by atoms with E-state index in [1.54, 1.807) is 19.2 Å². The zero-order chi connectivity index (χ0) is 18.4. The van der Waals surface area contributed by atoms with Crippen LogP contribution in [0.5, 0.6) is 5.75 Å². The summed E-state index contributed by atoms with van der Waals surface area (Å²) in [6.07, 6.45) is 1.04. The highest BCUT2D eigenvalue weighted by molar-refractivity contribution is 7.14. The molecule has 0 unspecified atom stereocenters. The highest BCUT2D eigenvalue weighted by atomic mass is 32.1. The standard InChI is InChI=1S/C20H17N3O2S/c1-25-17-9-4-14(5-10-17)6-11-19(24)23-20-22-18(13-26-20)16-7-2-15(12-21)3-8-16/h2-5,7-10,13H,6,11H2,1H3,(H,22,23,24). The largest absolute Gasteiger partial charge is 0.497 e. The third-order valence-corrected chi connectivity index (χ3v) is 4.62. The number of methoxy groups -OCH3 is 1. The van der Waals surface area contributed by atoms with Crippen LogP contribution in [0.15, 0.2) is 53.9 Å². The van der Waals surface area contributed by atoms with Crippen molar-refractivity contribution in [1.29, 1.82) is 5.26 Å². The van der Waals surface area contributed by atoms with E-state index < -0.39 is 0 Å². The van der Waals surface area contributed by atoms with Crippen LogP contribution in [0.4, 0.5) is 5.13 Å². The van der Waals surface area contributed by atoms with Gasteiger partial charge >= 0.3 is 0 Å². The highest BCUT2D eigenvalue weighted by Gasteiger charge is 2.08. The van der Waals surface area contributed by atoms with Crippen LogP contribution in [0.2, 0.25) is 0 Å². The van der Waals surface area contributed by atoms with Crippen molar-refractivity contribution in [3.05, 3.63) is 65.0 Å². The average Bonchev–Trinajstić information content (AvgIpc) is 3.15. The topological polar surface area (TPSA) is 75.0 Å². The lowest BCUT2D eigenvalue weighted by molar-refractivity contribution is -0.116. The Morgan fingerprint density at radius 3 is 2.58 bits per heavy atom.